The maximum Gasteiger partial charge on any atom is 0.418 e. The summed E-state index contributed by atoms with van der Waals surface area (Å²) in [5, 5.41) is 0. The highest BCUT2D eigenvalue weighted by Crippen LogP contribution is 2.49. The highest BCUT2D eigenvalue weighted by Gasteiger charge is 2.56. The van der Waals surface area contributed by atoms with E-state index in [1.54, 1.807) is 7.05 Å². The molecule has 2 N–H and O–H groups in total. The van der Waals surface area contributed by atoms with Gasteiger partial charge in [-0.15, -0.1) is 0 Å². The summed E-state index contributed by atoms with van der Waals surface area (Å²) in [5.41, 5.74) is 5.51. The van der Waals surface area contributed by atoms with Crippen molar-refractivity contribution in [3.05, 3.63) is 24.7 Å². The van der Waals surface area contributed by atoms with Gasteiger partial charge in [0.15, 0.2) is 0 Å². The molecule has 2 unspecified atom stereocenters. The normalized spacial score (nSPS) is 18.8. The quantitative estimate of drug-likeness (QED) is 0.804. The van der Waals surface area contributed by atoms with Crippen molar-refractivity contribution in [1.82, 2.24) is 4.90 Å². The molecule has 0 bridgehead atoms. The van der Waals surface area contributed by atoms with Crippen LogP contribution in [0.2, 0.25) is 0 Å². The molecular weight excluding hydrogens is 308 g/mol. The smallest absolute Gasteiger partial charge is 0.403 e. The highest BCUT2D eigenvalue weighted by atomic mass is 79.9. The summed E-state index contributed by atoms with van der Waals surface area (Å²) in [6.45, 7) is 4.77. The number of nitrogens with zero attached hydrogens (tertiary/aromatic N) is 1. The summed E-state index contributed by atoms with van der Waals surface area (Å²) < 4.78 is 35.4. The van der Waals surface area contributed by atoms with Gasteiger partial charge in [-0.3, -0.25) is 0 Å². The van der Waals surface area contributed by atoms with E-state index in [4.69, 9.17) is 17.3 Å². The maximum atomic E-state index is 12.7. The molecule has 0 saturated heterocycles. The third-order valence-electron chi connectivity index (χ3n) is 2.22. The van der Waals surface area contributed by atoms with Gasteiger partial charge in [-0.25, -0.2) is 0 Å². The van der Waals surface area contributed by atoms with E-state index in [2.05, 4.69) is 22.5 Å². The first-order valence-corrected chi connectivity index (χ1v) is 5.48. The first kappa shape index (κ1) is 15.6. The Morgan fingerprint density at radius 1 is 1.56 bits per heavy atom. The second-order valence-electron chi connectivity index (χ2n) is 3.23. The van der Waals surface area contributed by atoms with Gasteiger partial charge in [-0.2, -0.15) is 13.2 Å². The van der Waals surface area contributed by atoms with Gasteiger partial charge >= 0.3 is 6.18 Å². The lowest BCUT2D eigenvalue weighted by molar-refractivity contribution is -0.145. The average Bonchev–Trinajstić information content (AvgIpc) is 2.16. The fourth-order valence-electron chi connectivity index (χ4n) is 1.10. The van der Waals surface area contributed by atoms with E-state index in [-0.39, 0.29) is 5.70 Å². The van der Waals surface area contributed by atoms with Crippen LogP contribution in [-0.4, -0.2) is 21.9 Å². The van der Waals surface area contributed by atoms with Gasteiger partial charge in [0, 0.05) is 24.9 Å². The minimum atomic E-state index is -4.59. The summed E-state index contributed by atoms with van der Waals surface area (Å²) in [5.74, 6) is -1.07. The lowest BCUT2D eigenvalue weighted by Gasteiger charge is -2.33. The van der Waals surface area contributed by atoms with Crippen molar-refractivity contribution < 1.29 is 13.2 Å². The van der Waals surface area contributed by atoms with Gasteiger partial charge in [0.2, 0.25) is 3.78 Å². The molecule has 0 aliphatic heterocycles. The molecule has 7 heteroatoms. The minimum Gasteiger partial charge on any atom is -0.403 e. The SMILES string of the molecule is C=CN(C)/C(=C\N)C(C)C(Cl)(Br)C(F)(F)F. The van der Waals surface area contributed by atoms with Crippen LogP contribution in [0.3, 0.4) is 0 Å². The van der Waals surface area contributed by atoms with E-state index in [1.165, 1.54) is 18.0 Å². The summed E-state index contributed by atoms with van der Waals surface area (Å²) in [4.78, 5) is 1.38. The van der Waals surface area contributed by atoms with Crippen LogP contribution < -0.4 is 5.73 Å². The summed E-state index contributed by atoms with van der Waals surface area (Å²) >= 11 is 7.96. The fourth-order valence-corrected chi connectivity index (χ4v) is 1.45. The van der Waals surface area contributed by atoms with Gasteiger partial charge in [-0.1, -0.05) is 41.0 Å². The number of hydrogen-bond acceptors (Lipinski definition) is 2. The molecule has 94 valence electrons. The van der Waals surface area contributed by atoms with Crippen molar-refractivity contribution >= 4 is 27.5 Å². The van der Waals surface area contributed by atoms with E-state index in [1.807, 2.05) is 0 Å². The first-order chi connectivity index (χ1) is 7.09. The third kappa shape index (κ3) is 3.07. The predicted molar refractivity (Wildman–Crippen MR) is 63.0 cm³/mol. The third-order valence-corrected chi connectivity index (χ3v) is 3.90. The van der Waals surface area contributed by atoms with Crippen LogP contribution in [0.1, 0.15) is 6.92 Å². The zero-order chi connectivity index (χ0) is 13.1. The largest absolute Gasteiger partial charge is 0.418 e. The second-order valence-corrected chi connectivity index (χ2v) is 5.53. The van der Waals surface area contributed by atoms with E-state index in [9.17, 15) is 13.2 Å². The number of nitrogens with two attached hydrogens (primary N) is 1. The number of allylic oxidation sites excluding steroid dienone is 1. The van der Waals surface area contributed by atoms with Gasteiger partial charge in [0.05, 0.1) is 0 Å². The molecule has 0 aromatic heterocycles. The van der Waals surface area contributed by atoms with Crippen molar-refractivity contribution in [1.29, 1.82) is 0 Å². The lowest BCUT2D eigenvalue weighted by Crippen LogP contribution is -2.42. The Labute approximate surface area is 106 Å². The van der Waals surface area contributed by atoms with E-state index in [0.29, 0.717) is 0 Å². The Kier molecular flexibility index (Phi) is 5.19. The number of halogens is 5. The average molecular weight is 322 g/mol. The second kappa shape index (κ2) is 5.31. The van der Waals surface area contributed by atoms with Gasteiger partial charge < -0.3 is 10.6 Å². The molecule has 0 amide bonds. The molecule has 0 heterocycles. The Hall–Kier alpha value is -0.360. The van der Waals surface area contributed by atoms with Crippen LogP contribution in [0, 0.1) is 5.92 Å². The van der Waals surface area contributed by atoms with Crippen LogP contribution in [0.25, 0.3) is 0 Å². The van der Waals surface area contributed by atoms with Crippen molar-refractivity contribution in [2.24, 2.45) is 11.7 Å². The van der Waals surface area contributed by atoms with Crippen LogP contribution in [0.5, 0.6) is 0 Å². The molecule has 0 aliphatic carbocycles. The minimum absolute atomic E-state index is 0.221. The number of rotatable bonds is 4. The zero-order valence-corrected chi connectivity index (χ0v) is 11.2. The Bertz CT molecular complexity index is 289. The predicted octanol–water partition coefficient (Wildman–Crippen LogP) is 3.39. The van der Waals surface area contributed by atoms with E-state index < -0.39 is 15.9 Å². The molecule has 0 spiro atoms. The highest BCUT2D eigenvalue weighted by molar-refractivity contribution is 9.10. The Morgan fingerprint density at radius 3 is 2.25 bits per heavy atom. The first-order valence-electron chi connectivity index (χ1n) is 4.31. The maximum absolute atomic E-state index is 12.7. The number of hydrogen-bond donors (Lipinski definition) is 1. The van der Waals surface area contributed by atoms with Gasteiger partial charge in [0.1, 0.15) is 0 Å². The van der Waals surface area contributed by atoms with E-state index >= 15 is 0 Å². The molecule has 0 aliphatic rings. The molecule has 0 fully saturated rings. The fraction of sp³-hybridized carbons (Fsp3) is 0.556. The molecule has 0 aromatic carbocycles. The van der Waals surface area contributed by atoms with E-state index in [0.717, 1.165) is 6.20 Å². The van der Waals surface area contributed by atoms with Crippen LogP contribution in [-0.2, 0) is 0 Å². The van der Waals surface area contributed by atoms with Crippen LogP contribution in [0.15, 0.2) is 24.7 Å². The Morgan fingerprint density at radius 2 is 2.00 bits per heavy atom. The van der Waals surface area contributed by atoms with Crippen LogP contribution in [0.4, 0.5) is 13.2 Å². The van der Waals surface area contributed by atoms with Gasteiger partial charge in [0.25, 0.3) is 0 Å². The molecule has 0 radical (unpaired) electrons. The lowest BCUT2D eigenvalue weighted by atomic mass is 10.0. The summed E-state index contributed by atoms with van der Waals surface area (Å²) in [6.07, 6.45) is -2.16. The van der Waals surface area contributed by atoms with Crippen molar-refractivity contribution in [2.45, 2.75) is 16.9 Å². The Balaban J connectivity index is 5.19. The monoisotopic (exact) mass is 320 g/mol. The summed E-state index contributed by atoms with van der Waals surface area (Å²) in [6, 6.07) is 0. The molecule has 2 atom stereocenters. The van der Waals surface area contributed by atoms with Crippen molar-refractivity contribution in [2.75, 3.05) is 7.05 Å². The van der Waals surface area contributed by atoms with Crippen molar-refractivity contribution in [3.8, 4) is 0 Å². The summed E-state index contributed by atoms with van der Waals surface area (Å²) in [7, 11) is 1.54. The molecule has 0 rings (SSSR count). The topological polar surface area (TPSA) is 29.3 Å². The molecule has 2 nitrogen and oxygen atoms in total. The zero-order valence-electron chi connectivity index (χ0n) is 8.85. The van der Waals surface area contributed by atoms with Crippen molar-refractivity contribution in [3.63, 3.8) is 0 Å². The molecule has 16 heavy (non-hydrogen) atoms. The molecular formula is C9H13BrClF3N2. The standard InChI is InChI=1S/C9H13BrClF3N2/c1-4-16(3)7(5-15)6(2)8(10,11)9(12,13)14/h4-6H,1,15H2,2-3H3/b7-5-. The molecule has 0 aromatic rings. The number of alkyl halides is 5. The molecule has 0 saturated carbocycles. The van der Waals surface area contributed by atoms with Crippen LogP contribution >= 0.6 is 27.5 Å². The van der Waals surface area contributed by atoms with Gasteiger partial charge in [-0.05, 0) is 6.20 Å².